The number of nitrogens with one attached hydrogen (secondary N) is 1. The van der Waals surface area contributed by atoms with Crippen LogP contribution in [-0.2, 0) is 33.6 Å². The number of likely N-dealkylation sites (tertiary alicyclic amines) is 1. The SMILES string of the molecule is Cc1nc(CCNC(=O)[C@H]2CCC(=O)N(CCN3CCOCC3)C2)nc2c1CCC2. The highest BCUT2D eigenvalue weighted by Crippen LogP contribution is 2.22. The van der Waals surface area contributed by atoms with Crippen LogP contribution in [0.15, 0.2) is 0 Å². The Bertz CT molecular complexity index is 778. The molecule has 0 spiro atoms. The van der Waals surface area contributed by atoms with E-state index in [0.29, 0.717) is 38.9 Å². The summed E-state index contributed by atoms with van der Waals surface area (Å²) in [6.45, 7) is 7.98. The van der Waals surface area contributed by atoms with Crippen molar-refractivity contribution < 1.29 is 14.3 Å². The Morgan fingerprint density at radius 1 is 1.17 bits per heavy atom. The Balaban J connectivity index is 1.23. The zero-order chi connectivity index (χ0) is 20.9. The minimum atomic E-state index is -0.130. The van der Waals surface area contributed by atoms with E-state index in [-0.39, 0.29) is 17.7 Å². The summed E-state index contributed by atoms with van der Waals surface area (Å²) in [4.78, 5) is 38.5. The van der Waals surface area contributed by atoms with E-state index in [1.165, 1.54) is 11.3 Å². The topological polar surface area (TPSA) is 87.7 Å². The predicted molar refractivity (Wildman–Crippen MR) is 112 cm³/mol. The minimum Gasteiger partial charge on any atom is -0.379 e. The number of rotatable bonds is 7. The van der Waals surface area contributed by atoms with Crippen molar-refractivity contribution in [2.24, 2.45) is 5.92 Å². The molecular formula is C22H33N5O3. The molecule has 0 bridgehead atoms. The molecule has 4 rings (SSSR count). The lowest BCUT2D eigenvalue weighted by molar-refractivity contribution is -0.138. The predicted octanol–water partition coefficient (Wildman–Crippen LogP) is 0.503. The fraction of sp³-hybridized carbons (Fsp3) is 0.727. The Labute approximate surface area is 178 Å². The van der Waals surface area contributed by atoms with Crippen molar-refractivity contribution >= 4 is 11.8 Å². The van der Waals surface area contributed by atoms with E-state index in [2.05, 4.69) is 27.1 Å². The van der Waals surface area contributed by atoms with E-state index in [0.717, 1.165) is 63.6 Å². The number of hydrogen-bond donors (Lipinski definition) is 1. The van der Waals surface area contributed by atoms with Gasteiger partial charge in [-0.2, -0.15) is 0 Å². The maximum absolute atomic E-state index is 12.7. The molecule has 2 fully saturated rings. The number of morpholine rings is 1. The smallest absolute Gasteiger partial charge is 0.224 e. The maximum Gasteiger partial charge on any atom is 0.224 e. The molecule has 0 aromatic carbocycles. The Hall–Kier alpha value is -2.06. The van der Waals surface area contributed by atoms with Gasteiger partial charge in [0.1, 0.15) is 5.82 Å². The summed E-state index contributed by atoms with van der Waals surface area (Å²) in [5.74, 6) is 0.889. The van der Waals surface area contributed by atoms with E-state index < -0.39 is 0 Å². The summed E-state index contributed by atoms with van der Waals surface area (Å²) in [5, 5.41) is 3.05. The van der Waals surface area contributed by atoms with Gasteiger partial charge in [0.05, 0.1) is 19.1 Å². The second-order valence-electron chi connectivity index (χ2n) is 8.57. The quantitative estimate of drug-likeness (QED) is 0.698. The number of piperidine rings is 1. The van der Waals surface area contributed by atoms with Crippen molar-refractivity contribution in [2.45, 2.75) is 45.4 Å². The first kappa shape index (κ1) is 21.2. The number of carbonyl (C=O) groups excluding carboxylic acids is 2. The molecule has 3 aliphatic rings. The summed E-state index contributed by atoms with van der Waals surface area (Å²) in [5.41, 5.74) is 3.58. The van der Waals surface area contributed by atoms with Crippen molar-refractivity contribution in [1.82, 2.24) is 25.1 Å². The lowest BCUT2D eigenvalue weighted by Crippen LogP contribution is -2.49. The molecule has 8 nitrogen and oxygen atoms in total. The van der Waals surface area contributed by atoms with Crippen LogP contribution < -0.4 is 5.32 Å². The van der Waals surface area contributed by atoms with Crippen LogP contribution in [0.5, 0.6) is 0 Å². The second kappa shape index (κ2) is 9.83. The summed E-state index contributed by atoms with van der Waals surface area (Å²) in [6, 6.07) is 0. The molecule has 2 saturated heterocycles. The molecule has 8 heteroatoms. The maximum atomic E-state index is 12.7. The Morgan fingerprint density at radius 3 is 2.83 bits per heavy atom. The number of hydrogen-bond acceptors (Lipinski definition) is 6. The first-order valence-electron chi connectivity index (χ1n) is 11.3. The zero-order valence-corrected chi connectivity index (χ0v) is 18.0. The molecule has 0 radical (unpaired) electrons. The van der Waals surface area contributed by atoms with Gasteiger partial charge in [0.25, 0.3) is 0 Å². The van der Waals surface area contributed by atoms with Crippen molar-refractivity contribution in [3.63, 3.8) is 0 Å². The van der Waals surface area contributed by atoms with E-state index in [1.54, 1.807) is 0 Å². The molecular weight excluding hydrogens is 382 g/mol. The molecule has 1 aromatic rings. The van der Waals surface area contributed by atoms with E-state index in [9.17, 15) is 9.59 Å². The van der Waals surface area contributed by atoms with Gasteiger partial charge < -0.3 is 15.0 Å². The van der Waals surface area contributed by atoms with Crippen LogP contribution in [0.3, 0.4) is 0 Å². The minimum absolute atomic E-state index is 0.0387. The number of ether oxygens (including phenoxy) is 1. The van der Waals surface area contributed by atoms with Gasteiger partial charge in [0.15, 0.2) is 0 Å². The second-order valence-corrected chi connectivity index (χ2v) is 8.57. The largest absolute Gasteiger partial charge is 0.379 e. The van der Waals surface area contributed by atoms with Gasteiger partial charge in [-0.25, -0.2) is 9.97 Å². The summed E-state index contributed by atoms with van der Waals surface area (Å²) >= 11 is 0. The Morgan fingerprint density at radius 2 is 2.00 bits per heavy atom. The van der Waals surface area contributed by atoms with Gasteiger partial charge in [-0.1, -0.05) is 0 Å². The van der Waals surface area contributed by atoms with Crippen LogP contribution >= 0.6 is 0 Å². The highest BCUT2D eigenvalue weighted by Gasteiger charge is 2.30. The van der Waals surface area contributed by atoms with Gasteiger partial charge in [0, 0.05) is 63.5 Å². The highest BCUT2D eigenvalue weighted by atomic mass is 16.5. The third-order valence-electron chi connectivity index (χ3n) is 6.49. The monoisotopic (exact) mass is 415 g/mol. The number of fused-ring (bicyclic) bond motifs is 1. The van der Waals surface area contributed by atoms with Gasteiger partial charge in [-0.3, -0.25) is 14.5 Å². The van der Waals surface area contributed by atoms with Crippen LogP contribution in [0.1, 0.15) is 42.0 Å². The molecule has 1 N–H and O–H groups in total. The van der Waals surface area contributed by atoms with Crippen LogP contribution in [0, 0.1) is 12.8 Å². The summed E-state index contributed by atoms with van der Waals surface area (Å²) < 4.78 is 5.37. The number of aromatic nitrogens is 2. The Kier molecular flexibility index (Phi) is 6.94. The van der Waals surface area contributed by atoms with Crippen molar-refractivity contribution in [1.29, 1.82) is 0 Å². The molecule has 1 aliphatic carbocycles. The molecule has 3 heterocycles. The molecule has 164 valence electrons. The van der Waals surface area contributed by atoms with Gasteiger partial charge in [-0.05, 0) is 38.2 Å². The average molecular weight is 416 g/mol. The molecule has 1 atom stereocenters. The number of nitrogens with zero attached hydrogens (tertiary/aromatic N) is 4. The van der Waals surface area contributed by atoms with Crippen molar-refractivity contribution in [3.8, 4) is 0 Å². The first-order chi connectivity index (χ1) is 14.6. The van der Waals surface area contributed by atoms with E-state index >= 15 is 0 Å². The molecule has 0 unspecified atom stereocenters. The van der Waals surface area contributed by atoms with Gasteiger partial charge in [-0.15, -0.1) is 0 Å². The summed E-state index contributed by atoms with van der Waals surface area (Å²) in [7, 11) is 0. The summed E-state index contributed by atoms with van der Waals surface area (Å²) in [6.07, 6.45) is 5.01. The number of aryl methyl sites for hydroxylation is 2. The lowest BCUT2D eigenvalue weighted by atomic mass is 9.96. The standard InChI is InChI=1S/C22H33N5O3/c1-16-18-3-2-4-19(18)25-20(24-16)7-8-23-22(29)17-5-6-21(28)27(15-17)10-9-26-11-13-30-14-12-26/h17H,2-15H2,1H3,(H,23,29)/t17-/m0/s1. The number of carbonyl (C=O) groups is 2. The third-order valence-corrected chi connectivity index (χ3v) is 6.49. The van der Waals surface area contributed by atoms with Crippen molar-refractivity contribution in [3.05, 3.63) is 22.8 Å². The zero-order valence-electron chi connectivity index (χ0n) is 18.0. The number of amides is 2. The molecule has 0 saturated carbocycles. The van der Waals surface area contributed by atoms with Gasteiger partial charge >= 0.3 is 0 Å². The van der Waals surface area contributed by atoms with Crippen molar-refractivity contribution in [2.75, 3.05) is 52.5 Å². The third kappa shape index (κ3) is 5.16. The van der Waals surface area contributed by atoms with E-state index in [1.807, 2.05) is 4.90 Å². The van der Waals surface area contributed by atoms with Crippen LogP contribution in [0.2, 0.25) is 0 Å². The van der Waals surface area contributed by atoms with Crippen LogP contribution in [-0.4, -0.2) is 84.1 Å². The van der Waals surface area contributed by atoms with Crippen LogP contribution in [0.25, 0.3) is 0 Å². The molecule has 30 heavy (non-hydrogen) atoms. The fourth-order valence-corrected chi connectivity index (χ4v) is 4.67. The first-order valence-corrected chi connectivity index (χ1v) is 11.3. The fourth-order valence-electron chi connectivity index (χ4n) is 4.67. The molecule has 1 aromatic heterocycles. The van der Waals surface area contributed by atoms with Crippen LogP contribution in [0.4, 0.5) is 0 Å². The lowest BCUT2D eigenvalue weighted by Gasteiger charge is -2.34. The average Bonchev–Trinajstić information content (AvgIpc) is 3.23. The highest BCUT2D eigenvalue weighted by molar-refractivity contribution is 5.83. The van der Waals surface area contributed by atoms with E-state index in [4.69, 9.17) is 4.74 Å². The normalized spacial score (nSPS) is 22.2. The van der Waals surface area contributed by atoms with Gasteiger partial charge in [0.2, 0.25) is 11.8 Å². The molecule has 2 aliphatic heterocycles. The molecule has 2 amide bonds.